The molecule has 0 saturated carbocycles. The zero-order valence-corrected chi connectivity index (χ0v) is 18.1. The Morgan fingerprint density at radius 3 is 1.72 bits per heavy atom. The smallest absolute Gasteiger partial charge is 0.303 e. The van der Waals surface area contributed by atoms with Crippen molar-refractivity contribution in [3.8, 4) is 0 Å². The normalized spacial score (nSPS) is 18.1. The topological polar surface area (TPSA) is 63.7 Å². The molecule has 1 aliphatic rings. The Hall–Kier alpha value is -3.73. The lowest BCUT2D eigenvalue weighted by atomic mass is 9.67. The lowest BCUT2D eigenvalue weighted by Crippen LogP contribution is -2.71. The molecule has 4 rings (SSSR count). The van der Waals surface area contributed by atoms with E-state index in [0.29, 0.717) is 17.7 Å². The monoisotopic (exact) mass is 427 g/mol. The van der Waals surface area contributed by atoms with Crippen molar-refractivity contribution in [2.45, 2.75) is 32.0 Å². The number of hydrogen-bond donors (Lipinski definition) is 0. The van der Waals surface area contributed by atoms with Gasteiger partial charge < -0.3 is 9.64 Å². The Morgan fingerprint density at radius 2 is 1.28 bits per heavy atom. The SMILES string of the molecule is CC(=O)OC(c1ccccc1)(c1ccccc1)[C@@H]1[C@@H](C(C)=O)C(=O)N1Cc1ccccc1. The molecule has 0 bridgehead atoms. The predicted molar refractivity (Wildman–Crippen MR) is 120 cm³/mol. The summed E-state index contributed by atoms with van der Waals surface area (Å²) in [6.45, 7) is 3.09. The largest absolute Gasteiger partial charge is 0.447 e. The molecule has 0 radical (unpaired) electrons. The van der Waals surface area contributed by atoms with Gasteiger partial charge in [0.15, 0.2) is 5.60 Å². The summed E-state index contributed by atoms with van der Waals surface area (Å²) >= 11 is 0. The van der Waals surface area contributed by atoms with E-state index in [9.17, 15) is 14.4 Å². The van der Waals surface area contributed by atoms with Crippen LogP contribution in [-0.4, -0.2) is 28.6 Å². The molecule has 0 aliphatic carbocycles. The second-order valence-corrected chi connectivity index (χ2v) is 8.05. The number of Topliss-reactive ketones (excluding diaryl/α,β-unsaturated/α-hetero) is 1. The van der Waals surface area contributed by atoms with Crippen molar-refractivity contribution in [2.75, 3.05) is 0 Å². The Kier molecular flexibility index (Phi) is 5.91. The van der Waals surface area contributed by atoms with Crippen molar-refractivity contribution in [3.05, 3.63) is 108 Å². The summed E-state index contributed by atoms with van der Waals surface area (Å²) in [4.78, 5) is 39.9. The molecular formula is C27H25NO4. The number of ketones is 1. The quantitative estimate of drug-likeness (QED) is 0.323. The van der Waals surface area contributed by atoms with Gasteiger partial charge in [0.2, 0.25) is 5.91 Å². The number of carbonyl (C=O) groups excluding carboxylic acids is 3. The van der Waals surface area contributed by atoms with Gasteiger partial charge in [-0.1, -0.05) is 91.0 Å². The van der Waals surface area contributed by atoms with Gasteiger partial charge >= 0.3 is 5.97 Å². The van der Waals surface area contributed by atoms with Crippen molar-refractivity contribution in [2.24, 2.45) is 5.92 Å². The number of benzene rings is 3. The molecule has 1 fully saturated rings. The van der Waals surface area contributed by atoms with E-state index in [0.717, 1.165) is 5.56 Å². The average molecular weight is 428 g/mol. The first-order valence-corrected chi connectivity index (χ1v) is 10.6. The van der Waals surface area contributed by atoms with Gasteiger partial charge in [-0.2, -0.15) is 0 Å². The highest BCUT2D eigenvalue weighted by molar-refractivity contribution is 6.06. The Balaban J connectivity index is 1.93. The van der Waals surface area contributed by atoms with Crippen LogP contribution in [0.5, 0.6) is 0 Å². The van der Waals surface area contributed by atoms with Gasteiger partial charge in [0.25, 0.3) is 0 Å². The molecule has 3 aromatic carbocycles. The van der Waals surface area contributed by atoms with Crippen LogP contribution in [0.1, 0.15) is 30.5 Å². The highest BCUT2D eigenvalue weighted by atomic mass is 16.6. The Morgan fingerprint density at radius 1 is 0.812 bits per heavy atom. The fourth-order valence-corrected chi connectivity index (χ4v) is 4.64. The summed E-state index contributed by atoms with van der Waals surface area (Å²) in [7, 11) is 0. The molecule has 32 heavy (non-hydrogen) atoms. The number of esters is 1. The van der Waals surface area contributed by atoms with Crippen LogP contribution in [0.4, 0.5) is 0 Å². The summed E-state index contributed by atoms with van der Waals surface area (Å²) in [6.07, 6.45) is 0. The van der Waals surface area contributed by atoms with Crippen molar-refractivity contribution in [1.82, 2.24) is 4.90 Å². The summed E-state index contributed by atoms with van der Waals surface area (Å²) in [5.74, 6) is -1.89. The van der Waals surface area contributed by atoms with Crippen LogP contribution < -0.4 is 0 Å². The van der Waals surface area contributed by atoms with Crippen LogP contribution in [0.2, 0.25) is 0 Å². The Bertz CT molecular complexity index is 1070. The number of ether oxygens (including phenoxy) is 1. The molecule has 3 aromatic rings. The van der Waals surface area contributed by atoms with Crippen molar-refractivity contribution in [3.63, 3.8) is 0 Å². The number of amides is 1. The van der Waals surface area contributed by atoms with Gasteiger partial charge in [0.1, 0.15) is 11.7 Å². The van der Waals surface area contributed by atoms with E-state index in [4.69, 9.17) is 4.74 Å². The fourth-order valence-electron chi connectivity index (χ4n) is 4.64. The molecular weight excluding hydrogens is 402 g/mol. The zero-order chi connectivity index (χ0) is 22.7. The fraction of sp³-hybridized carbons (Fsp3) is 0.222. The molecule has 5 heteroatoms. The molecule has 2 atom stereocenters. The minimum Gasteiger partial charge on any atom is -0.447 e. The summed E-state index contributed by atoms with van der Waals surface area (Å²) in [5.41, 5.74) is 1.03. The second-order valence-electron chi connectivity index (χ2n) is 8.05. The highest BCUT2D eigenvalue weighted by Gasteiger charge is 2.62. The number of nitrogens with zero attached hydrogens (tertiary/aromatic N) is 1. The van der Waals surface area contributed by atoms with Crippen LogP contribution in [-0.2, 0) is 31.3 Å². The van der Waals surface area contributed by atoms with Crippen LogP contribution in [0.25, 0.3) is 0 Å². The summed E-state index contributed by atoms with van der Waals surface area (Å²) in [5, 5.41) is 0. The molecule has 1 saturated heterocycles. The number of carbonyl (C=O) groups is 3. The summed E-state index contributed by atoms with van der Waals surface area (Å²) < 4.78 is 6.13. The predicted octanol–water partition coefficient (Wildman–Crippen LogP) is 4.11. The van der Waals surface area contributed by atoms with Crippen LogP contribution in [0.15, 0.2) is 91.0 Å². The third-order valence-electron chi connectivity index (χ3n) is 5.96. The van der Waals surface area contributed by atoms with Crippen molar-refractivity contribution >= 4 is 17.7 Å². The first-order valence-electron chi connectivity index (χ1n) is 10.6. The van der Waals surface area contributed by atoms with Crippen LogP contribution in [0, 0.1) is 5.92 Å². The average Bonchev–Trinajstić information content (AvgIpc) is 2.81. The van der Waals surface area contributed by atoms with Gasteiger partial charge in [-0.25, -0.2) is 0 Å². The molecule has 0 N–H and O–H groups in total. The lowest BCUT2D eigenvalue weighted by Gasteiger charge is -2.55. The van der Waals surface area contributed by atoms with Gasteiger partial charge in [-0.3, -0.25) is 14.4 Å². The first kappa shape index (κ1) is 21.5. The molecule has 5 nitrogen and oxygen atoms in total. The maximum Gasteiger partial charge on any atom is 0.303 e. The zero-order valence-electron chi connectivity index (χ0n) is 18.1. The Labute approximate surface area is 187 Å². The minimum absolute atomic E-state index is 0.243. The van der Waals surface area contributed by atoms with E-state index in [1.165, 1.54) is 13.8 Å². The number of hydrogen-bond acceptors (Lipinski definition) is 4. The minimum atomic E-state index is -1.33. The molecule has 1 amide bonds. The van der Waals surface area contributed by atoms with Gasteiger partial charge in [-0.05, 0) is 12.5 Å². The highest BCUT2D eigenvalue weighted by Crippen LogP contribution is 2.48. The standard InChI is InChI=1S/C27H25NO4/c1-19(29)24-25(28(26(24)31)18-21-12-6-3-7-13-21)27(32-20(2)30,22-14-8-4-9-15-22)23-16-10-5-11-17-23/h3-17,24-25H,18H2,1-2H3/t24-,25+/m1/s1. The maximum atomic E-state index is 13.2. The van der Waals surface area contributed by atoms with Crippen molar-refractivity contribution in [1.29, 1.82) is 0 Å². The van der Waals surface area contributed by atoms with E-state index < -0.39 is 23.5 Å². The van der Waals surface area contributed by atoms with E-state index >= 15 is 0 Å². The summed E-state index contributed by atoms with van der Waals surface area (Å²) in [6, 6.07) is 27.6. The molecule has 1 heterocycles. The van der Waals surface area contributed by atoms with Crippen LogP contribution >= 0.6 is 0 Å². The van der Waals surface area contributed by atoms with E-state index in [1.54, 1.807) is 4.90 Å². The molecule has 0 spiro atoms. The molecule has 0 aromatic heterocycles. The third-order valence-corrected chi connectivity index (χ3v) is 5.96. The van der Waals surface area contributed by atoms with Crippen molar-refractivity contribution < 1.29 is 19.1 Å². The van der Waals surface area contributed by atoms with Gasteiger partial charge in [0, 0.05) is 24.6 Å². The van der Waals surface area contributed by atoms with E-state index in [2.05, 4.69) is 0 Å². The number of likely N-dealkylation sites (tertiary alicyclic amines) is 1. The lowest BCUT2D eigenvalue weighted by molar-refractivity contribution is -0.191. The van der Waals surface area contributed by atoms with E-state index in [-0.39, 0.29) is 11.7 Å². The number of β-lactam (4-membered cyclic amide) rings is 1. The van der Waals surface area contributed by atoms with Gasteiger partial charge in [-0.15, -0.1) is 0 Å². The van der Waals surface area contributed by atoms with Gasteiger partial charge in [0.05, 0.1) is 6.04 Å². The molecule has 0 unspecified atom stereocenters. The van der Waals surface area contributed by atoms with Crippen LogP contribution in [0.3, 0.4) is 0 Å². The van der Waals surface area contributed by atoms with E-state index in [1.807, 2.05) is 91.0 Å². The number of rotatable bonds is 7. The molecule has 1 aliphatic heterocycles. The molecule has 162 valence electrons. The third kappa shape index (κ3) is 3.71. The maximum absolute atomic E-state index is 13.2. The first-order chi connectivity index (χ1) is 15.4. The second kappa shape index (κ2) is 8.79.